The van der Waals surface area contributed by atoms with Crippen LogP contribution < -0.4 is 11.1 Å². The molecule has 4 aromatic rings. The number of hydrogen-bond acceptors (Lipinski definition) is 6. The quantitative estimate of drug-likeness (QED) is 0.531. The fraction of sp³-hybridized carbons (Fsp3) is 0.261. The third-order valence-electron chi connectivity index (χ3n) is 6.10. The van der Waals surface area contributed by atoms with E-state index in [-0.39, 0.29) is 23.7 Å². The average Bonchev–Trinajstić information content (AvgIpc) is 3.22. The molecule has 1 fully saturated rings. The number of aromatic nitrogens is 5. The molecule has 0 radical (unpaired) electrons. The van der Waals surface area contributed by atoms with Crippen LogP contribution in [-0.4, -0.2) is 30.6 Å². The van der Waals surface area contributed by atoms with Crippen LogP contribution in [0.25, 0.3) is 22.0 Å². The summed E-state index contributed by atoms with van der Waals surface area (Å²) >= 11 is 0. The predicted molar refractivity (Wildman–Crippen MR) is 119 cm³/mol. The van der Waals surface area contributed by atoms with Crippen molar-refractivity contribution in [2.45, 2.75) is 19.8 Å². The second-order valence-corrected chi connectivity index (χ2v) is 8.22. The molecule has 0 spiro atoms. The number of nitrogens with zero attached hydrogens (tertiary/aromatic N) is 5. The van der Waals surface area contributed by atoms with Crippen LogP contribution in [0, 0.1) is 18.8 Å². The average molecular weight is 413 g/mol. The van der Waals surface area contributed by atoms with Gasteiger partial charge in [0.15, 0.2) is 0 Å². The number of anilines is 2. The number of rotatable bonds is 4. The molecule has 31 heavy (non-hydrogen) atoms. The van der Waals surface area contributed by atoms with Crippen molar-refractivity contribution in [3.63, 3.8) is 0 Å². The highest BCUT2D eigenvalue weighted by Crippen LogP contribution is 2.54. The number of nitrogens with one attached hydrogen (secondary N) is 1. The first-order valence-corrected chi connectivity index (χ1v) is 10.2. The number of pyridine rings is 3. The number of carbonyl (C=O) groups excluding carboxylic acids is 1. The lowest BCUT2D eigenvalue weighted by atomic mass is 10.1. The Labute approximate surface area is 179 Å². The van der Waals surface area contributed by atoms with Gasteiger partial charge in [-0.3, -0.25) is 14.5 Å². The van der Waals surface area contributed by atoms with Crippen LogP contribution in [0.4, 0.5) is 11.6 Å². The summed E-state index contributed by atoms with van der Waals surface area (Å²) in [6, 6.07) is 5.73. The molecule has 0 bridgehead atoms. The van der Waals surface area contributed by atoms with E-state index < -0.39 is 0 Å². The Morgan fingerprint density at radius 1 is 1.23 bits per heavy atom. The van der Waals surface area contributed by atoms with Crippen LogP contribution in [-0.2, 0) is 11.8 Å². The molecule has 1 amide bonds. The van der Waals surface area contributed by atoms with E-state index in [1.54, 1.807) is 23.3 Å². The molecular formula is C23H23N7O. The van der Waals surface area contributed by atoms with E-state index in [0.717, 1.165) is 33.2 Å². The van der Waals surface area contributed by atoms with Crippen LogP contribution in [0.15, 0.2) is 49.2 Å². The largest absolute Gasteiger partial charge is 0.383 e. The Hall–Kier alpha value is -3.81. The molecule has 3 N–H and O–H groups in total. The maximum absolute atomic E-state index is 12.9. The van der Waals surface area contributed by atoms with Crippen molar-refractivity contribution >= 4 is 28.3 Å². The van der Waals surface area contributed by atoms with Crippen molar-refractivity contribution in [3.05, 3.63) is 60.3 Å². The minimum Gasteiger partial charge on any atom is -0.383 e. The number of nitrogens with two attached hydrogens (primary N) is 1. The van der Waals surface area contributed by atoms with Gasteiger partial charge in [-0.25, -0.2) is 9.97 Å². The molecule has 156 valence electrons. The third kappa shape index (κ3) is 3.39. The van der Waals surface area contributed by atoms with Crippen molar-refractivity contribution in [2.75, 3.05) is 11.1 Å². The molecule has 3 atom stereocenters. The van der Waals surface area contributed by atoms with Crippen molar-refractivity contribution < 1.29 is 4.79 Å². The Balaban J connectivity index is 1.42. The van der Waals surface area contributed by atoms with E-state index in [4.69, 9.17) is 5.73 Å². The molecule has 1 saturated carbocycles. The number of nitrogen functional groups attached to an aromatic ring is 1. The van der Waals surface area contributed by atoms with Gasteiger partial charge >= 0.3 is 0 Å². The summed E-state index contributed by atoms with van der Waals surface area (Å²) in [7, 11) is 1.88. The van der Waals surface area contributed by atoms with E-state index in [1.807, 2.05) is 44.6 Å². The first-order valence-electron chi connectivity index (χ1n) is 10.2. The lowest BCUT2D eigenvalue weighted by Gasteiger charge is -2.10. The SMILES string of the molecule is Cc1ccncc1-c1cc2cc(NC(=O)[C@H]3[C@H](C)[C@@H]3c3cnn(C)c3)ncc2c(N)n1. The summed E-state index contributed by atoms with van der Waals surface area (Å²) in [5, 5.41) is 8.81. The number of hydrogen-bond donors (Lipinski definition) is 2. The Kier molecular flexibility index (Phi) is 4.43. The molecule has 0 saturated heterocycles. The Bertz CT molecular complexity index is 1310. The molecule has 5 rings (SSSR count). The van der Waals surface area contributed by atoms with E-state index in [9.17, 15) is 4.79 Å². The highest BCUT2D eigenvalue weighted by molar-refractivity contribution is 5.99. The summed E-state index contributed by atoms with van der Waals surface area (Å²) in [6.45, 7) is 4.09. The van der Waals surface area contributed by atoms with Gasteiger partial charge in [0.05, 0.1) is 11.9 Å². The van der Waals surface area contributed by atoms with Gasteiger partial charge in [-0.2, -0.15) is 5.10 Å². The zero-order chi connectivity index (χ0) is 21.7. The molecule has 4 aromatic heterocycles. The third-order valence-corrected chi connectivity index (χ3v) is 6.10. The van der Waals surface area contributed by atoms with Gasteiger partial charge in [0.2, 0.25) is 5.91 Å². The highest BCUT2D eigenvalue weighted by atomic mass is 16.2. The zero-order valence-electron chi connectivity index (χ0n) is 17.6. The highest BCUT2D eigenvalue weighted by Gasteiger charge is 2.52. The van der Waals surface area contributed by atoms with Crippen molar-refractivity contribution in [1.82, 2.24) is 24.7 Å². The van der Waals surface area contributed by atoms with Crippen molar-refractivity contribution in [2.24, 2.45) is 18.9 Å². The first-order chi connectivity index (χ1) is 14.9. The van der Waals surface area contributed by atoms with Gasteiger partial charge in [-0.15, -0.1) is 0 Å². The van der Waals surface area contributed by atoms with Crippen LogP contribution in [0.1, 0.15) is 24.0 Å². The fourth-order valence-electron chi connectivity index (χ4n) is 4.31. The monoisotopic (exact) mass is 413 g/mol. The van der Waals surface area contributed by atoms with E-state index in [0.29, 0.717) is 11.6 Å². The van der Waals surface area contributed by atoms with Gasteiger partial charge in [0.25, 0.3) is 0 Å². The normalized spacial score (nSPS) is 20.0. The molecule has 1 aliphatic carbocycles. The lowest BCUT2D eigenvalue weighted by molar-refractivity contribution is -0.117. The van der Waals surface area contributed by atoms with E-state index in [2.05, 4.69) is 32.3 Å². The standard InChI is InChI=1S/C23H23N7O/c1-12-4-5-25-9-16(12)18-6-14-7-19(26-10-17(14)22(24)28-18)29-23(31)21-13(2)20(21)15-8-27-30(3)11-15/h4-11,13,20-21H,1-3H3,(H2,24,28)(H,26,29,31)/t13-,20-,21+/m1/s1. The van der Waals surface area contributed by atoms with Crippen LogP contribution in [0.2, 0.25) is 0 Å². The van der Waals surface area contributed by atoms with Gasteiger partial charge < -0.3 is 11.1 Å². The van der Waals surface area contributed by atoms with Gasteiger partial charge in [0, 0.05) is 54.6 Å². The van der Waals surface area contributed by atoms with Crippen molar-refractivity contribution in [1.29, 1.82) is 0 Å². The predicted octanol–water partition coefficient (Wildman–Crippen LogP) is 3.30. The summed E-state index contributed by atoms with van der Waals surface area (Å²) < 4.78 is 1.76. The number of aryl methyl sites for hydroxylation is 2. The molecular weight excluding hydrogens is 390 g/mol. The second-order valence-electron chi connectivity index (χ2n) is 8.22. The smallest absolute Gasteiger partial charge is 0.229 e. The molecule has 8 heteroatoms. The maximum Gasteiger partial charge on any atom is 0.229 e. The van der Waals surface area contributed by atoms with Crippen LogP contribution in [0.3, 0.4) is 0 Å². The number of carbonyl (C=O) groups is 1. The molecule has 0 aliphatic heterocycles. The number of fused-ring (bicyclic) bond motifs is 1. The maximum atomic E-state index is 12.9. The lowest BCUT2D eigenvalue weighted by Crippen LogP contribution is -2.16. The Morgan fingerprint density at radius 2 is 2.06 bits per heavy atom. The zero-order valence-corrected chi connectivity index (χ0v) is 17.6. The Morgan fingerprint density at radius 3 is 2.81 bits per heavy atom. The van der Waals surface area contributed by atoms with Gasteiger partial charge in [-0.1, -0.05) is 6.92 Å². The number of amides is 1. The summed E-state index contributed by atoms with van der Waals surface area (Å²) in [5.74, 6) is 1.24. The second kappa shape index (κ2) is 7.16. The molecule has 4 heterocycles. The summed E-state index contributed by atoms with van der Waals surface area (Å²) in [5.41, 5.74) is 10.0. The fourth-order valence-corrected chi connectivity index (χ4v) is 4.31. The van der Waals surface area contributed by atoms with Crippen molar-refractivity contribution in [3.8, 4) is 11.3 Å². The van der Waals surface area contributed by atoms with Gasteiger partial charge in [-0.05, 0) is 47.6 Å². The first kappa shape index (κ1) is 19.2. The van der Waals surface area contributed by atoms with E-state index >= 15 is 0 Å². The van der Waals surface area contributed by atoms with Crippen LogP contribution >= 0.6 is 0 Å². The topological polar surface area (TPSA) is 112 Å². The molecule has 0 aromatic carbocycles. The minimum absolute atomic E-state index is 0.0291. The molecule has 8 nitrogen and oxygen atoms in total. The summed E-state index contributed by atoms with van der Waals surface area (Å²) in [6.07, 6.45) is 8.99. The molecule has 1 aliphatic rings. The minimum atomic E-state index is -0.0854. The molecule has 0 unspecified atom stereocenters. The van der Waals surface area contributed by atoms with Crippen LogP contribution in [0.5, 0.6) is 0 Å². The van der Waals surface area contributed by atoms with Gasteiger partial charge in [0.1, 0.15) is 11.6 Å². The van der Waals surface area contributed by atoms with E-state index in [1.165, 1.54) is 0 Å². The summed E-state index contributed by atoms with van der Waals surface area (Å²) in [4.78, 5) is 26.0.